The van der Waals surface area contributed by atoms with E-state index in [1.807, 2.05) is 0 Å². The van der Waals surface area contributed by atoms with Gasteiger partial charge in [0.05, 0.1) is 0 Å². The Bertz CT molecular complexity index is 151. The van der Waals surface area contributed by atoms with E-state index in [1.54, 1.807) is 0 Å². The van der Waals surface area contributed by atoms with Crippen LogP contribution in [0.5, 0.6) is 0 Å². The molecule has 3 atom stereocenters. The van der Waals surface area contributed by atoms with Gasteiger partial charge in [-0.3, -0.25) is 4.79 Å². The van der Waals surface area contributed by atoms with Crippen LogP contribution in [0, 0.1) is 17.8 Å². The van der Waals surface area contributed by atoms with Crippen molar-refractivity contribution in [2.45, 2.75) is 40.0 Å². The van der Waals surface area contributed by atoms with E-state index in [0.717, 1.165) is 19.3 Å². The fourth-order valence-corrected chi connectivity index (χ4v) is 2.17. The Kier molecular flexibility index (Phi) is 2.69. The summed E-state index contributed by atoms with van der Waals surface area (Å²) in [5, 5.41) is 0. The van der Waals surface area contributed by atoms with Crippen LogP contribution in [-0.4, -0.2) is 5.78 Å². The quantitative estimate of drug-likeness (QED) is 0.597. The van der Waals surface area contributed by atoms with Gasteiger partial charge >= 0.3 is 0 Å². The molecular weight excluding hydrogens is 136 g/mol. The molecule has 0 N–H and O–H groups in total. The lowest BCUT2D eigenvalue weighted by Crippen LogP contribution is -2.20. The first-order valence-electron chi connectivity index (χ1n) is 4.69. The van der Waals surface area contributed by atoms with E-state index in [-0.39, 0.29) is 0 Å². The predicted molar refractivity (Wildman–Crippen MR) is 46.4 cm³/mol. The van der Waals surface area contributed by atoms with Gasteiger partial charge < -0.3 is 0 Å². The van der Waals surface area contributed by atoms with Crippen molar-refractivity contribution in [2.75, 3.05) is 0 Å². The highest BCUT2D eigenvalue weighted by Crippen LogP contribution is 2.34. The number of carbonyl (C=O) groups excluding carboxylic acids is 1. The molecule has 0 saturated heterocycles. The van der Waals surface area contributed by atoms with Crippen LogP contribution in [-0.2, 0) is 4.79 Å². The molecule has 1 fully saturated rings. The molecule has 0 heterocycles. The first-order chi connectivity index (χ1) is 5.16. The standard InChI is InChI=1S/C10H18O/c1-4-7(2)10-8(3)5-6-9(10)11/h7-8,10H,4-6H2,1-3H3. The number of ketones is 1. The highest BCUT2D eigenvalue weighted by Gasteiger charge is 2.34. The molecule has 0 radical (unpaired) electrons. The number of Topliss-reactive ketones (excluding diaryl/α,β-unsaturated/α-hetero) is 1. The van der Waals surface area contributed by atoms with Crippen LogP contribution in [0.4, 0.5) is 0 Å². The van der Waals surface area contributed by atoms with Crippen molar-refractivity contribution in [1.29, 1.82) is 0 Å². The number of rotatable bonds is 2. The second-order valence-corrected chi connectivity index (χ2v) is 3.89. The second kappa shape index (κ2) is 3.38. The maximum Gasteiger partial charge on any atom is 0.136 e. The highest BCUT2D eigenvalue weighted by atomic mass is 16.1. The molecule has 0 bridgehead atoms. The second-order valence-electron chi connectivity index (χ2n) is 3.89. The zero-order valence-electron chi connectivity index (χ0n) is 7.76. The van der Waals surface area contributed by atoms with Crippen LogP contribution >= 0.6 is 0 Å². The molecule has 0 spiro atoms. The fraction of sp³-hybridized carbons (Fsp3) is 0.900. The SMILES string of the molecule is CCC(C)C1C(=O)CCC1C. The van der Waals surface area contributed by atoms with Gasteiger partial charge in [0, 0.05) is 12.3 Å². The van der Waals surface area contributed by atoms with E-state index in [1.165, 1.54) is 0 Å². The van der Waals surface area contributed by atoms with Crippen molar-refractivity contribution in [2.24, 2.45) is 17.8 Å². The van der Waals surface area contributed by atoms with Gasteiger partial charge in [0.1, 0.15) is 5.78 Å². The minimum atomic E-state index is 0.375. The molecule has 64 valence electrons. The molecule has 1 heteroatoms. The average molecular weight is 154 g/mol. The summed E-state index contributed by atoms with van der Waals surface area (Å²) in [4.78, 5) is 11.4. The Morgan fingerprint density at radius 2 is 2.27 bits per heavy atom. The van der Waals surface area contributed by atoms with Gasteiger partial charge in [0.25, 0.3) is 0 Å². The van der Waals surface area contributed by atoms with Crippen LogP contribution in [0.3, 0.4) is 0 Å². The van der Waals surface area contributed by atoms with Crippen LogP contribution in [0.25, 0.3) is 0 Å². The van der Waals surface area contributed by atoms with E-state index in [9.17, 15) is 4.79 Å². The third-order valence-electron chi connectivity index (χ3n) is 3.09. The van der Waals surface area contributed by atoms with E-state index in [2.05, 4.69) is 20.8 Å². The molecule has 0 aromatic carbocycles. The maximum absolute atomic E-state index is 11.4. The van der Waals surface area contributed by atoms with Gasteiger partial charge in [-0.25, -0.2) is 0 Å². The number of hydrogen-bond donors (Lipinski definition) is 0. The van der Waals surface area contributed by atoms with E-state index in [4.69, 9.17) is 0 Å². The van der Waals surface area contributed by atoms with Crippen LogP contribution in [0.2, 0.25) is 0 Å². The molecule has 1 nitrogen and oxygen atoms in total. The largest absolute Gasteiger partial charge is 0.299 e. The molecule has 1 aliphatic rings. The first kappa shape index (κ1) is 8.76. The van der Waals surface area contributed by atoms with Gasteiger partial charge in [-0.15, -0.1) is 0 Å². The van der Waals surface area contributed by atoms with Crippen molar-refractivity contribution in [1.82, 2.24) is 0 Å². The van der Waals surface area contributed by atoms with Crippen molar-refractivity contribution >= 4 is 5.78 Å². The lowest BCUT2D eigenvalue weighted by Gasteiger charge is -2.20. The van der Waals surface area contributed by atoms with Crippen LogP contribution in [0.15, 0.2) is 0 Å². The Labute approximate surface area is 69.2 Å². The van der Waals surface area contributed by atoms with Gasteiger partial charge in [-0.2, -0.15) is 0 Å². The predicted octanol–water partition coefficient (Wildman–Crippen LogP) is 2.65. The van der Waals surface area contributed by atoms with Crippen LogP contribution < -0.4 is 0 Å². The zero-order valence-corrected chi connectivity index (χ0v) is 7.76. The van der Waals surface area contributed by atoms with Gasteiger partial charge in [-0.05, 0) is 18.3 Å². The summed E-state index contributed by atoms with van der Waals surface area (Å²) in [6, 6.07) is 0. The number of carbonyl (C=O) groups is 1. The van der Waals surface area contributed by atoms with Gasteiger partial charge in [0.2, 0.25) is 0 Å². The Morgan fingerprint density at radius 3 is 2.64 bits per heavy atom. The minimum absolute atomic E-state index is 0.375. The topological polar surface area (TPSA) is 17.1 Å². The summed E-state index contributed by atoms with van der Waals surface area (Å²) >= 11 is 0. The molecule has 0 amide bonds. The van der Waals surface area contributed by atoms with Crippen molar-refractivity contribution in [3.05, 3.63) is 0 Å². The summed E-state index contributed by atoms with van der Waals surface area (Å²) < 4.78 is 0. The molecule has 1 saturated carbocycles. The maximum atomic E-state index is 11.4. The summed E-state index contributed by atoms with van der Waals surface area (Å²) in [6.45, 7) is 6.58. The average Bonchev–Trinajstić information content (AvgIpc) is 2.30. The van der Waals surface area contributed by atoms with Crippen LogP contribution in [0.1, 0.15) is 40.0 Å². The molecule has 1 aliphatic carbocycles. The normalized spacial score (nSPS) is 34.3. The zero-order chi connectivity index (χ0) is 8.43. The summed E-state index contributed by atoms with van der Waals surface area (Å²) in [5.41, 5.74) is 0. The smallest absolute Gasteiger partial charge is 0.136 e. The van der Waals surface area contributed by atoms with Gasteiger partial charge in [-0.1, -0.05) is 27.2 Å². The molecule has 0 aliphatic heterocycles. The molecular formula is C10H18O. The monoisotopic (exact) mass is 154 g/mol. The molecule has 0 aromatic heterocycles. The Hall–Kier alpha value is -0.330. The first-order valence-corrected chi connectivity index (χ1v) is 4.69. The number of hydrogen-bond acceptors (Lipinski definition) is 1. The Morgan fingerprint density at radius 1 is 1.64 bits per heavy atom. The third kappa shape index (κ3) is 1.63. The highest BCUT2D eigenvalue weighted by molar-refractivity contribution is 5.83. The lowest BCUT2D eigenvalue weighted by molar-refractivity contribution is -0.122. The lowest BCUT2D eigenvalue weighted by atomic mass is 9.84. The van der Waals surface area contributed by atoms with Crippen molar-refractivity contribution < 1.29 is 4.79 Å². The summed E-state index contributed by atoms with van der Waals surface area (Å²) in [7, 11) is 0. The van der Waals surface area contributed by atoms with E-state index < -0.39 is 0 Å². The van der Waals surface area contributed by atoms with Crippen molar-refractivity contribution in [3.63, 3.8) is 0 Å². The molecule has 0 aromatic rings. The third-order valence-corrected chi connectivity index (χ3v) is 3.09. The Balaban J connectivity index is 2.60. The summed E-state index contributed by atoms with van der Waals surface area (Å²) in [5.74, 6) is 2.12. The molecule has 3 unspecified atom stereocenters. The molecule has 11 heavy (non-hydrogen) atoms. The van der Waals surface area contributed by atoms with Gasteiger partial charge in [0.15, 0.2) is 0 Å². The van der Waals surface area contributed by atoms with E-state index in [0.29, 0.717) is 23.5 Å². The van der Waals surface area contributed by atoms with E-state index >= 15 is 0 Å². The van der Waals surface area contributed by atoms with Crippen molar-refractivity contribution in [3.8, 4) is 0 Å². The minimum Gasteiger partial charge on any atom is -0.299 e. The summed E-state index contributed by atoms with van der Waals surface area (Å²) in [6.07, 6.45) is 3.09. The molecule has 1 rings (SSSR count). The fourth-order valence-electron chi connectivity index (χ4n) is 2.17.